The summed E-state index contributed by atoms with van der Waals surface area (Å²) in [6.07, 6.45) is -1.44. The number of nitrogens with one attached hydrogen (secondary N) is 1. The second kappa shape index (κ2) is 8.74. The Morgan fingerprint density at radius 1 is 1.13 bits per heavy atom. The van der Waals surface area contributed by atoms with Crippen LogP contribution in [0.4, 0.5) is 4.39 Å². The van der Waals surface area contributed by atoms with Gasteiger partial charge in [-0.05, 0) is 54.5 Å². The van der Waals surface area contributed by atoms with Gasteiger partial charge in [-0.15, -0.1) is 0 Å². The van der Waals surface area contributed by atoms with Crippen molar-refractivity contribution in [3.05, 3.63) is 46.4 Å². The van der Waals surface area contributed by atoms with Gasteiger partial charge in [0.05, 0.1) is 5.69 Å². The molecule has 168 valence electrons. The number of aliphatic hydroxyl groups excluding tert-OH is 1. The van der Waals surface area contributed by atoms with Crippen molar-refractivity contribution in [2.45, 2.75) is 76.7 Å². The monoisotopic (exact) mass is 441 g/mol. The molecule has 0 spiro atoms. The molecule has 0 aliphatic rings. The van der Waals surface area contributed by atoms with Crippen molar-refractivity contribution in [3.8, 4) is 0 Å². The van der Waals surface area contributed by atoms with Crippen LogP contribution >= 0.6 is 0 Å². The lowest BCUT2D eigenvalue weighted by Gasteiger charge is -2.22. The van der Waals surface area contributed by atoms with E-state index in [1.165, 1.54) is 43.8 Å². The fraction of sp³-hybridized carbons (Fsp3) is 0.571. The maximum atomic E-state index is 14.1. The lowest BCUT2D eigenvalue weighted by atomic mass is 9.86. The van der Waals surface area contributed by atoms with E-state index in [-0.39, 0.29) is 29.1 Å². The number of aryl methyl sites for hydroxylation is 1. The molecule has 0 aliphatic carbocycles. The fourth-order valence-corrected chi connectivity index (χ4v) is 4.62. The first-order valence-electron chi connectivity index (χ1n) is 9.93. The average molecular weight is 442 g/mol. The van der Waals surface area contributed by atoms with Crippen LogP contribution < -0.4 is 4.72 Å². The van der Waals surface area contributed by atoms with E-state index < -0.39 is 21.9 Å². The van der Waals surface area contributed by atoms with Crippen LogP contribution in [-0.2, 0) is 29.1 Å². The summed E-state index contributed by atoms with van der Waals surface area (Å²) in [5.41, 5.74) is 1.24. The van der Waals surface area contributed by atoms with Crippen molar-refractivity contribution in [1.82, 2.24) is 14.5 Å². The number of rotatable bonds is 8. The molecule has 0 saturated carbocycles. The van der Waals surface area contributed by atoms with Crippen LogP contribution in [0, 0.1) is 5.82 Å². The Kier molecular flexibility index (Phi) is 7.13. The predicted molar refractivity (Wildman–Crippen MR) is 113 cm³/mol. The molecule has 0 radical (unpaired) electrons. The number of halogens is 1. The Morgan fingerprint density at radius 2 is 1.63 bits per heavy atom. The summed E-state index contributed by atoms with van der Waals surface area (Å²) in [4.78, 5) is 0. The van der Waals surface area contributed by atoms with Crippen LogP contribution in [0.15, 0.2) is 23.2 Å². The minimum atomic E-state index is -4.13. The lowest BCUT2D eigenvalue weighted by Crippen LogP contribution is -2.37. The molecule has 3 N–H and O–H groups in total. The van der Waals surface area contributed by atoms with Crippen LogP contribution in [0.1, 0.15) is 75.8 Å². The molecule has 9 heteroatoms. The Labute approximate surface area is 178 Å². The SMILES string of the molecule is CC(C)c1cc(F)cc(C(C)C)c1CC(O)NS(=O)(=O)c1cc(C(C)(C)O)n(C)n1. The summed E-state index contributed by atoms with van der Waals surface area (Å²) in [6.45, 7) is 10.7. The molecular weight excluding hydrogens is 409 g/mol. The molecular formula is C21H32FN3O4S. The minimum absolute atomic E-state index is 0.00198. The Bertz CT molecular complexity index is 979. The second-order valence-electron chi connectivity index (χ2n) is 8.76. The number of hydrogen-bond acceptors (Lipinski definition) is 5. The quantitative estimate of drug-likeness (QED) is 0.547. The number of benzene rings is 1. The fourth-order valence-electron chi connectivity index (χ4n) is 3.56. The zero-order valence-electron chi connectivity index (χ0n) is 18.6. The highest BCUT2D eigenvalue weighted by Gasteiger charge is 2.28. The highest BCUT2D eigenvalue weighted by atomic mass is 32.2. The third kappa shape index (κ3) is 5.46. The van der Waals surface area contributed by atoms with Gasteiger partial charge in [0.25, 0.3) is 10.0 Å². The molecule has 2 aromatic rings. The maximum absolute atomic E-state index is 14.1. The largest absolute Gasteiger partial charge is 0.384 e. The first-order valence-corrected chi connectivity index (χ1v) is 11.4. The number of hydrogen-bond donors (Lipinski definition) is 3. The van der Waals surface area contributed by atoms with Gasteiger partial charge in [-0.3, -0.25) is 4.68 Å². The topological polar surface area (TPSA) is 104 Å². The minimum Gasteiger partial charge on any atom is -0.384 e. The maximum Gasteiger partial charge on any atom is 0.262 e. The van der Waals surface area contributed by atoms with Gasteiger partial charge in [-0.1, -0.05) is 27.7 Å². The van der Waals surface area contributed by atoms with Gasteiger partial charge in [-0.25, -0.2) is 12.8 Å². The molecule has 0 bridgehead atoms. The molecule has 0 amide bonds. The number of aromatic nitrogens is 2. The summed E-state index contributed by atoms with van der Waals surface area (Å²) >= 11 is 0. The standard InChI is InChI=1S/C21H32FN3O4S/c1-12(2)15-8-14(22)9-16(13(3)4)17(15)10-19(26)24-30(28,29)20-11-18(21(5,6)27)25(7)23-20/h8-9,11-13,19,24,26-27H,10H2,1-7H3. The van der Waals surface area contributed by atoms with Gasteiger partial charge in [-0.2, -0.15) is 9.82 Å². The molecule has 30 heavy (non-hydrogen) atoms. The van der Waals surface area contributed by atoms with Gasteiger partial charge in [0, 0.05) is 19.5 Å². The Hall–Kier alpha value is -1.81. The van der Waals surface area contributed by atoms with Crippen LogP contribution in [0.2, 0.25) is 0 Å². The van der Waals surface area contributed by atoms with Gasteiger partial charge in [0.1, 0.15) is 17.6 Å². The zero-order chi connectivity index (χ0) is 23.0. The van der Waals surface area contributed by atoms with Gasteiger partial charge in [0.15, 0.2) is 5.03 Å². The van der Waals surface area contributed by atoms with Crippen molar-refractivity contribution in [3.63, 3.8) is 0 Å². The summed E-state index contributed by atoms with van der Waals surface area (Å²) in [6, 6.07) is 4.13. The van der Waals surface area contributed by atoms with Crippen molar-refractivity contribution in [1.29, 1.82) is 0 Å². The Morgan fingerprint density at radius 3 is 2.03 bits per heavy atom. The normalized spacial score (nSPS) is 14.0. The third-order valence-electron chi connectivity index (χ3n) is 4.98. The van der Waals surface area contributed by atoms with Crippen LogP contribution in [0.25, 0.3) is 0 Å². The lowest BCUT2D eigenvalue weighted by molar-refractivity contribution is 0.0695. The van der Waals surface area contributed by atoms with E-state index in [2.05, 4.69) is 9.82 Å². The number of aliphatic hydroxyl groups is 2. The summed E-state index contributed by atoms with van der Waals surface area (Å²) in [7, 11) is -2.60. The van der Waals surface area contributed by atoms with E-state index in [0.29, 0.717) is 5.69 Å². The molecule has 1 atom stereocenters. The summed E-state index contributed by atoms with van der Waals surface area (Å²) in [5.74, 6) is -0.349. The molecule has 0 saturated heterocycles. The number of nitrogens with zero attached hydrogens (tertiary/aromatic N) is 2. The zero-order valence-corrected chi connectivity index (χ0v) is 19.4. The molecule has 1 unspecified atom stereocenters. The molecule has 7 nitrogen and oxygen atoms in total. The van der Waals surface area contributed by atoms with Crippen molar-refractivity contribution in [2.24, 2.45) is 7.05 Å². The molecule has 0 aliphatic heterocycles. The second-order valence-corrected chi connectivity index (χ2v) is 10.4. The van der Waals surface area contributed by atoms with E-state index in [1.54, 1.807) is 0 Å². The van der Waals surface area contributed by atoms with E-state index in [4.69, 9.17) is 0 Å². The average Bonchev–Trinajstić information content (AvgIpc) is 2.98. The smallest absolute Gasteiger partial charge is 0.262 e. The molecule has 0 fully saturated rings. The van der Waals surface area contributed by atoms with E-state index >= 15 is 0 Å². The van der Waals surface area contributed by atoms with E-state index in [0.717, 1.165) is 16.7 Å². The van der Waals surface area contributed by atoms with Crippen molar-refractivity contribution in [2.75, 3.05) is 0 Å². The first kappa shape index (κ1) is 24.5. The molecule has 1 aromatic carbocycles. The molecule has 2 rings (SSSR count). The van der Waals surface area contributed by atoms with Crippen molar-refractivity contribution < 1.29 is 23.0 Å². The first-order chi connectivity index (χ1) is 13.6. The highest BCUT2D eigenvalue weighted by Crippen LogP contribution is 2.30. The third-order valence-corrected chi connectivity index (χ3v) is 6.31. The van der Waals surface area contributed by atoms with Gasteiger partial charge < -0.3 is 10.2 Å². The van der Waals surface area contributed by atoms with E-state index in [1.807, 2.05) is 27.7 Å². The van der Waals surface area contributed by atoms with E-state index in [9.17, 15) is 23.0 Å². The number of sulfonamides is 1. The van der Waals surface area contributed by atoms with Crippen LogP contribution in [0.3, 0.4) is 0 Å². The summed E-state index contributed by atoms with van der Waals surface area (Å²) < 4.78 is 43.1. The molecule has 1 aromatic heterocycles. The van der Waals surface area contributed by atoms with Gasteiger partial charge in [0.2, 0.25) is 0 Å². The van der Waals surface area contributed by atoms with Crippen LogP contribution in [0.5, 0.6) is 0 Å². The van der Waals surface area contributed by atoms with Crippen LogP contribution in [-0.4, -0.2) is 34.6 Å². The van der Waals surface area contributed by atoms with Crippen molar-refractivity contribution >= 4 is 10.0 Å². The highest BCUT2D eigenvalue weighted by molar-refractivity contribution is 7.89. The predicted octanol–water partition coefficient (Wildman–Crippen LogP) is 2.87. The molecule has 1 heterocycles. The summed E-state index contributed by atoms with van der Waals surface area (Å²) in [5, 5.41) is 24.4. The van der Waals surface area contributed by atoms with Gasteiger partial charge >= 0.3 is 0 Å². The Balaban J connectivity index is 2.35.